The topological polar surface area (TPSA) is 75.4 Å². The molecule has 2 rings (SSSR count). The van der Waals surface area contributed by atoms with Crippen LogP contribution in [0.1, 0.15) is 6.42 Å². The average molecular weight is 348 g/mol. The molecule has 5 nitrogen and oxygen atoms in total. The molecule has 0 spiro atoms. The molecule has 0 saturated carbocycles. The Bertz CT molecular complexity index is 644. The second-order valence-electron chi connectivity index (χ2n) is 4.96. The minimum atomic E-state index is -4.58. The fourth-order valence-electron chi connectivity index (χ4n) is 2.21. The molecule has 3 amide bonds. The lowest BCUT2D eigenvalue weighted by atomic mass is 9.92. The Hall–Kier alpha value is -2.22. The van der Waals surface area contributed by atoms with Crippen LogP contribution in [0, 0.1) is 5.92 Å². The van der Waals surface area contributed by atoms with Gasteiger partial charge in [-0.1, -0.05) is 11.6 Å². The van der Waals surface area contributed by atoms with Crippen molar-refractivity contribution in [2.75, 3.05) is 11.9 Å². The minimum absolute atomic E-state index is 0.180. The van der Waals surface area contributed by atoms with Crippen molar-refractivity contribution >= 4 is 29.2 Å². The van der Waals surface area contributed by atoms with Crippen molar-refractivity contribution in [2.45, 2.75) is 12.6 Å². The molecule has 0 bridgehead atoms. The van der Waals surface area contributed by atoms with Gasteiger partial charge in [-0.2, -0.15) is 13.2 Å². The van der Waals surface area contributed by atoms with E-state index in [1.54, 1.807) is 24.3 Å². The van der Waals surface area contributed by atoms with Gasteiger partial charge in [-0.15, -0.1) is 0 Å². The van der Waals surface area contributed by atoms with Crippen molar-refractivity contribution in [3.8, 4) is 0 Å². The summed E-state index contributed by atoms with van der Waals surface area (Å²) in [4.78, 5) is 24.3. The number of amides is 3. The molecule has 23 heavy (non-hydrogen) atoms. The lowest BCUT2D eigenvalue weighted by molar-refractivity contribution is -0.169. The van der Waals surface area contributed by atoms with Gasteiger partial charge in [0.05, 0.1) is 5.92 Å². The zero-order chi connectivity index (χ0) is 17.2. The van der Waals surface area contributed by atoms with Crippen LogP contribution >= 0.6 is 11.6 Å². The summed E-state index contributed by atoms with van der Waals surface area (Å²) in [6.07, 6.45) is -4.15. The summed E-state index contributed by atoms with van der Waals surface area (Å²) in [5.41, 5.74) is 4.80. The van der Waals surface area contributed by atoms with Gasteiger partial charge in [0.2, 0.25) is 5.91 Å². The van der Waals surface area contributed by atoms with Gasteiger partial charge in [-0.25, -0.2) is 4.79 Å². The molecular weight excluding hydrogens is 335 g/mol. The highest BCUT2D eigenvalue weighted by atomic mass is 35.5. The van der Waals surface area contributed by atoms with E-state index in [1.807, 2.05) is 0 Å². The highest BCUT2D eigenvalue weighted by molar-refractivity contribution is 6.30. The summed E-state index contributed by atoms with van der Waals surface area (Å²) in [5.74, 6) is -3.16. The highest BCUT2D eigenvalue weighted by Gasteiger charge is 2.45. The zero-order valence-corrected chi connectivity index (χ0v) is 12.5. The first-order valence-corrected chi connectivity index (χ1v) is 6.97. The van der Waals surface area contributed by atoms with E-state index in [0.717, 1.165) is 11.1 Å². The van der Waals surface area contributed by atoms with Crippen LogP contribution in [0.3, 0.4) is 0 Å². The van der Waals surface area contributed by atoms with E-state index in [-0.39, 0.29) is 6.54 Å². The molecule has 3 N–H and O–H groups in total. The second kappa shape index (κ2) is 6.49. The van der Waals surface area contributed by atoms with E-state index >= 15 is 0 Å². The molecule has 1 aromatic carbocycles. The number of nitrogens with one attached hydrogen (secondary N) is 1. The molecule has 1 aliphatic heterocycles. The van der Waals surface area contributed by atoms with Gasteiger partial charge in [0.1, 0.15) is 0 Å². The van der Waals surface area contributed by atoms with Gasteiger partial charge in [-0.3, -0.25) is 4.79 Å². The van der Waals surface area contributed by atoms with Crippen molar-refractivity contribution < 1.29 is 22.8 Å². The predicted molar refractivity (Wildman–Crippen MR) is 78.6 cm³/mol. The number of carbonyl (C=O) groups is 2. The predicted octanol–water partition coefficient (Wildman–Crippen LogP) is 3.13. The number of carbonyl (C=O) groups excluding carboxylic acids is 2. The summed E-state index contributed by atoms with van der Waals surface area (Å²) in [6, 6.07) is 5.53. The Labute approximate surface area is 134 Å². The Balaban J connectivity index is 2.17. The number of halogens is 4. The third-order valence-electron chi connectivity index (χ3n) is 3.37. The standard InChI is InChI=1S/C14H13ClF3N3O2/c15-8-1-3-9(4-2-8)20-13(23)21-6-5-11(14(16,17)18)10(7-21)12(19)22/h1-4,7,11H,5-6H2,(H2,19,22)(H,20,23). The molecule has 0 fully saturated rings. The SMILES string of the molecule is NC(=O)C1=CN(C(=O)Nc2ccc(Cl)cc2)CCC1C(F)(F)F. The third-order valence-corrected chi connectivity index (χ3v) is 3.62. The number of rotatable bonds is 2. The smallest absolute Gasteiger partial charge is 0.366 e. The number of hydrogen-bond acceptors (Lipinski definition) is 2. The average Bonchev–Trinajstić information content (AvgIpc) is 2.48. The van der Waals surface area contributed by atoms with Crippen LogP contribution in [0.15, 0.2) is 36.0 Å². The first kappa shape index (κ1) is 17.1. The van der Waals surface area contributed by atoms with Gasteiger partial charge >= 0.3 is 12.2 Å². The van der Waals surface area contributed by atoms with Crippen molar-refractivity contribution in [1.82, 2.24) is 4.90 Å². The van der Waals surface area contributed by atoms with Gasteiger partial charge in [0.15, 0.2) is 0 Å². The summed E-state index contributed by atoms with van der Waals surface area (Å²) in [7, 11) is 0. The number of alkyl halides is 3. The molecule has 9 heteroatoms. The fourth-order valence-corrected chi connectivity index (χ4v) is 2.34. The lowest BCUT2D eigenvalue weighted by Gasteiger charge is -2.31. The van der Waals surface area contributed by atoms with E-state index in [1.165, 1.54) is 0 Å². The minimum Gasteiger partial charge on any atom is -0.366 e. The molecule has 1 unspecified atom stereocenters. The number of hydrogen-bond donors (Lipinski definition) is 2. The Morgan fingerprint density at radius 2 is 1.87 bits per heavy atom. The molecule has 0 radical (unpaired) electrons. The van der Waals surface area contributed by atoms with Crippen molar-refractivity contribution in [3.05, 3.63) is 41.1 Å². The molecule has 1 aliphatic rings. The van der Waals surface area contributed by atoms with Crippen molar-refractivity contribution in [2.24, 2.45) is 11.7 Å². The molecule has 1 aromatic rings. The first-order valence-electron chi connectivity index (χ1n) is 6.60. The van der Waals surface area contributed by atoms with E-state index in [4.69, 9.17) is 17.3 Å². The maximum Gasteiger partial charge on any atom is 0.396 e. The van der Waals surface area contributed by atoms with Crippen LogP contribution in [0.5, 0.6) is 0 Å². The second-order valence-corrected chi connectivity index (χ2v) is 5.40. The van der Waals surface area contributed by atoms with Gasteiger partial charge in [0.25, 0.3) is 0 Å². The van der Waals surface area contributed by atoms with Gasteiger partial charge in [0, 0.05) is 29.0 Å². The number of nitrogens with two attached hydrogens (primary N) is 1. The number of primary amides is 1. The summed E-state index contributed by atoms with van der Waals surface area (Å²) in [6.45, 7) is -0.180. The maximum atomic E-state index is 12.9. The molecule has 1 atom stereocenters. The lowest BCUT2D eigenvalue weighted by Crippen LogP contribution is -2.42. The summed E-state index contributed by atoms with van der Waals surface area (Å²) >= 11 is 5.72. The molecule has 1 heterocycles. The first-order chi connectivity index (χ1) is 10.7. The van der Waals surface area contributed by atoms with E-state index < -0.39 is 36.0 Å². The van der Waals surface area contributed by atoms with Crippen LogP contribution in [0.4, 0.5) is 23.7 Å². The van der Waals surface area contributed by atoms with Crippen LogP contribution in [0.2, 0.25) is 5.02 Å². The molecule has 124 valence electrons. The molecular formula is C14H13ClF3N3O2. The normalized spacial score (nSPS) is 18.3. The highest BCUT2D eigenvalue weighted by Crippen LogP contribution is 2.37. The van der Waals surface area contributed by atoms with Crippen molar-refractivity contribution in [1.29, 1.82) is 0 Å². The number of anilines is 1. The maximum absolute atomic E-state index is 12.9. The number of urea groups is 1. The fraction of sp³-hybridized carbons (Fsp3) is 0.286. The number of benzene rings is 1. The molecule has 0 saturated heterocycles. The Morgan fingerprint density at radius 3 is 2.39 bits per heavy atom. The van der Waals surface area contributed by atoms with Crippen LogP contribution < -0.4 is 11.1 Å². The van der Waals surface area contributed by atoms with E-state index in [0.29, 0.717) is 10.7 Å². The number of nitrogens with zero attached hydrogens (tertiary/aromatic N) is 1. The third kappa shape index (κ3) is 4.16. The van der Waals surface area contributed by atoms with E-state index in [9.17, 15) is 22.8 Å². The Kier molecular flexibility index (Phi) is 4.84. The van der Waals surface area contributed by atoms with Crippen LogP contribution in [-0.4, -0.2) is 29.6 Å². The van der Waals surface area contributed by atoms with Crippen molar-refractivity contribution in [3.63, 3.8) is 0 Å². The van der Waals surface area contributed by atoms with Crippen LogP contribution in [0.25, 0.3) is 0 Å². The molecule has 0 aliphatic carbocycles. The summed E-state index contributed by atoms with van der Waals surface area (Å²) < 4.78 is 38.7. The quantitative estimate of drug-likeness (QED) is 0.862. The van der Waals surface area contributed by atoms with E-state index in [2.05, 4.69) is 5.32 Å². The zero-order valence-electron chi connectivity index (χ0n) is 11.7. The largest absolute Gasteiger partial charge is 0.396 e. The Morgan fingerprint density at radius 1 is 1.26 bits per heavy atom. The summed E-state index contributed by atoms with van der Waals surface area (Å²) in [5, 5.41) is 2.98. The monoisotopic (exact) mass is 347 g/mol. The van der Waals surface area contributed by atoms with Gasteiger partial charge in [-0.05, 0) is 30.7 Å². The van der Waals surface area contributed by atoms with Gasteiger partial charge < -0.3 is 16.0 Å². The molecule has 0 aromatic heterocycles. The van der Waals surface area contributed by atoms with Crippen LogP contribution in [-0.2, 0) is 4.79 Å².